The van der Waals surface area contributed by atoms with Gasteiger partial charge in [0.2, 0.25) is 0 Å². The van der Waals surface area contributed by atoms with Crippen LogP contribution in [0.3, 0.4) is 0 Å². The maximum atomic E-state index is 2.38. The van der Waals surface area contributed by atoms with Crippen LogP contribution in [0, 0.1) is 0 Å². The predicted octanol–water partition coefficient (Wildman–Crippen LogP) is 7.52. The average molecular weight is 425 g/mol. The van der Waals surface area contributed by atoms with Gasteiger partial charge in [0.25, 0.3) is 0 Å². The molecule has 0 saturated heterocycles. The first-order chi connectivity index (χ1) is 15.7. The summed E-state index contributed by atoms with van der Waals surface area (Å²) in [5, 5.41) is 0. The van der Waals surface area contributed by atoms with Crippen LogP contribution in [-0.4, -0.2) is 26.2 Å². The van der Waals surface area contributed by atoms with Crippen LogP contribution in [0.5, 0.6) is 0 Å². The van der Waals surface area contributed by atoms with Gasteiger partial charge in [-0.05, 0) is 74.2 Å². The summed E-state index contributed by atoms with van der Waals surface area (Å²) in [5.74, 6) is 0. The second-order valence-electron chi connectivity index (χ2n) is 7.79. The van der Waals surface area contributed by atoms with Gasteiger partial charge in [0.15, 0.2) is 0 Å². The molecule has 3 rings (SSSR count). The molecule has 0 radical (unpaired) electrons. The minimum Gasteiger partial charge on any atom is -0.372 e. The van der Waals surface area contributed by atoms with Crippen molar-refractivity contribution in [1.82, 2.24) is 0 Å². The second kappa shape index (κ2) is 12.0. The minimum atomic E-state index is 1.02. The third-order valence-electron chi connectivity index (χ3n) is 5.96. The summed E-state index contributed by atoms with van der Waals surface area (Å²) in [4.78, 5) is 4.75. The molecule has 0 aromatic heterocycles. The van der Waals surface area contributed by atoms with Crippen LogP contribution >= 0.6 is 0 Å². The monoisotopic (exact) mass is 424 g/mol. The van der Waals surface area contributed by atoms with Gasteiger partial charge in [0.1, 0.15) is 0 Å². The Labute approximate surface area is 194 Å². The Kier molecular flexibility index (Phi) is 8.74. The summed E-state index contributed by atoms with van der Waals surface area (Å²) in [5.41, 5.74) is 7.44. The maximum Gasteiger partial charge on any atom is 0.0366 e. The molecular weight excluding hydrogens is 388 g/mol. The summed E-state index contributed by atoms with van der Waals surface area (Å²) < 4.78 is 0. The fourth-order valence-corrected chi connectivity index (χ4v) is 4.06. The highest BCUT2D eigenvalue weighted by molar-refractivity contribution is 5.82. The lowest BCUT2D eigenvalue weighted by atomic mass is 9.96. The number of nitrogens with zero attached hydrogens (tertiary/aromatic N) is 2. The Morgan fingerprint density at radius 1 is 0.594 bits per heavy atom. The molecule has 0 aliphatic rings. The first-order valence-electron chi connectivity index (χ1n) is 11.8. The van der Waals surface area contributed by atoms with E-state index in [0.29, 0.717) is 0 Å². The van der Waals surface area contributed by atoms with Gasteiger partial charge in [-0.1, -0.05) is 72.8 Å². The van der Waals surface area contributed by atoms with E-state index in [0.717, 1.165) is 26.2 Å². The van der Waals surface area contributed by atoms with Gasteiger partial charge in [-0.2, -0.15) is 0 Å². The molecule has 3 aromatic carbocycles. The smallest absolute Gasteiger partial charge is 0.0366 e. The molecule has 0 aliphatic carbocycles. The number of hydrogen-bond donors (Lipinski definition) is 0. The van der Waals surface area contributed by atoms with E-state index < -0.39 is 0 Å². The van der Waals surface area contributed by atoms with Crippen molar-refractivity contribution in [1.29, 1.82) is 0 Å². The van der Waals surface area contributed by atoms with E-state index in [4.69, 9.17) is 0 Å². The highest BCUT2D eigenvalue weighted by Gasteiger charge is 2.08. The number of rotatable bonds is 10. The van der Waals surface area contributed by atoms with E-state index in [-0.39, 0.29) is 0 Å². The normalized spacial score (nSPS) is 10.9. The van der Waals surface area contributed by atoms with Crippen LogP contribution in [0.4, 0.5) is 11.4 Å². The second-order valence-corrected chi connectivity index (χ2v) is 7.79. The summed E-state index contributed by atoms with van der Waals surface area (Å²) in [6.45, 7) is 12.9. The predicted molar refractivity (Wildman–Crippen MR) is 143 cm³/mol. The fraction of sp³-hybridized carbons (Fsp3) is 0.267. The Balaban J connectivity index is 1.96. The first kappa shape index (κ1) is 23.4. The molecule has 0 heterocycles. The third-order valence-corrected chi connectivity index (χ3v) is 5.96. The molecule has 0 amide bonds. The van der Waals surface area contributed by atoms with E-state index in [1.165, 1.54) is 33.6 Å². The third kappa shape index (κ3) is 5.91. The van der Waals surface area contributed by atoms with E-state index in [9.17, 15) is 0 Å². The SMILES string of the molecule is CCN(CC)c1ccc(C(=C/C=C/c2ccccc2)c2ccc(N(CC)CC)cc2)cc1. The molecule has 0 bridgehead atoms. The molecule has 0 N–H and O–H groups in total. The molecule has 0 atom stereocenters. The van der Waals surface area contributed by atoms with Gasteiger partial charge in [0.05, 0.1) is 0 Å². The van der Waals surface area contributed by atoms with Crippen molar-refractivity contribution in [2.24, 2.45) is 0 Å². The minimum absolute atomic E-state index is 1.02. The standard InChI is InChI=1S/C30H36N2/c1-5-31(6-2)28-21-17-26(18-22-28)30(16-12-15-25-13-10-9-11-14-25)27-19-23-29(24-20-27)32(7-3)8-4/h9-24H,5-8H2,1-4H3/b15-12+. The summed E-state index contributed by atoms with van der Waals surface area (Å²) in [7, 11) is 0. The fourth-order valence-electron chi connectivity index (χ4n) is 4.06. The quantitative estimate of drug-likeness (QED) is 0.310. The van der Waals surface area contributed by atoms with Crippen LogP contribution in [-0.2, 0) is 0 Å². The molecule has 0 saturated carbocycles. The van der Waals surface area contributed by atoms with Gasteiger partial charge >= 0.3 is 0 Å². The van der Waals surface area contributed by atoms with Crippen LogP contribution < -0.4 is 9.80 Å². The Hall–Kier alpha value is -3.26. The first-order valence-corrected chi connectivity index (χ1v) is 11.8. The number of allylic oxidation sites excluding steroid dienone is 2. The zero-order valence-corrected chi connectivity index (χ0v) is 20.0. The van der Waals surface area contributed by atoms with E-state index in [1.54, 1.807) is 0 Å². The zero-order chi connectivity index (χ0) is 22.8. The Bertz CT molecular complexity index is 933. The van der Waals surface area contributed by atoms with Crippen molar-refractivity contribution < 1.29 is 0 Å². The average Bonchev–Trinajstić information content (AvgIpc) is 2.85. The highest BCUT2D eigenvalue weighted by atomic mass is 15.1. The van der Waals surface area contributed by atoms with Crippen molar-refractivity contribution >= 4 is 23.0 Å². The van der Waals surface area contributed by atoms with Gasteiger partial charge in [-0.25, -0.2) is 0 Å². The van der Waals surface area contributed by atoms with Gasteiger partial charge in [-0.3, -0.25) is 0 Å². The molecule has 166 valence electrons. The molecule has 2 nitrogen and oxygen atoms in total. The summed E-state index contributed by atoms with van der Waals surface area (Å²) in [6.07, 6.45) is 6.54. The summed E-state index contributed by atoms with van der Waals surface area (Å²) >= 11 is 0. The van der Waals surface area contributed by atoms with Crippen molar-refractivity contribution in [2.75, 3.05) is 36.0 Å². The molecule has 3 aromatic rings. The molecule has 32 heavy (non-hydrogen) atoms. The van der Waals surface area contributed by atoms with Crippen LogP contribution in [0.1, 0.15) is 44.4 Å². The highest BCUT2D eigenvalue weighted by Crippen LogP contribution is 2.28. The van der Waals surface area contributed by atoms with Gasteiger partial charge < -0.3 is 9.80 Å². The molecule has 0 aliphatic heterocycles. The number of hydrogen-bond acceptors (Lipinski definition) is 2. The van der Waals surface area contributed by atoms with Gasteiger partial charge in [-0.15, -0.1) is 0 Å². The largest absolute Gasteiger partial charge is 0.372 e. The number of benzene rings is 3. The topological polar surface area (TPSA) is 6.48 Å². The molecule has 0 spiro atoms. The zero-order valence-electron chi connectivity index (χ0n) is 20.0. The molecular formula is C30H36N2. The van der Waals surface area contributed by atoms with E-state index in [1.807, 2.05) is 6.07 Å². The maximum absolute atomic E-state index is 2.38. The van der Waals surface area contributed by atoms with E-state index >= 15 is 0 Å². The van der Waals surface area contributed by atoms with Crippen molar-refractivity contribution in [3.63, 3.8) is 0 Å². The van der Waals surface area contributed by atoms with Crippen molar-refractivity contribution in [3.05, 3.63) is 108 Å². The van der Waals surface area contributed by atoms with Gasteiger partial charge in [0, 0.05) is 37.6 Å². The lowest BCUT2D eigenvalue weighted by Crippen LogP contribution is -2.21. The van der Waals surface area contributed by atoms with Crippen molar-refractivity contribution in [2.45, 2.75) is 27.7 Å². The Morgan fingerprint density at radius 3 is 1.44 bits per heavy atom. The van der Waals surface area contributed by atoms with Crippen molar-refractivity contribution in [3.8, 4) is 0 Å². The van der Waals surface area contributed by atoms with Crippen LogP contribution in [0.15, 0.2) is 91.0 Å². The van der Waals surface area contributed by atoms with Crippen LogP contribution in [0.2, 0.25) is 0 Å². The van der Waals surface area contributed by atoms with Crippen LogP contribution in [0.25, 0.3) is 11.6 Å². The number of anilines is 2. The lowest BCUT2D eigenvalue weighted by molar-refractivity contribution is 0.866. The van der Waals surface area contributed by atoms with E-state index in [2.05, 4.69) is 129 Å². The molecule has 2 heteroatoms. The molecule has 0 fully saturated rings. The summed E-state index contributed by atoms with van der Waals surface area (Å²) in [6, 6.07) is 28.4. The molecule has 0 unspecified atom stereocenters. The lowest BCUT2D eigenvalue weighted by Gasteiger charge is -2.22. The Morgan fingerprint density at radius 2 is 1.03 bits per heavy atom.